The van der Waals surface area contributed by atoms with Gasteiger partial charge in [0.05, 0.1) is 0 Å². The van der Waals surface area contributed by atoms with Crippen LogP contribution in [0.3, 0.4) is 0 Å². The molecule has 1 aromatic heterocycles. The molecule has 4 nitrogen and oxygen atoms in total. The van der Waals surface area contributed by atoms with Gasteiger partial charge in [0.25, 0.3) is 5.56 Å². The quantitative estimate of drug-likeness (QED) is 0.771. The first-order chi connectivity index (χ1) is 7.16. The van der Waals surface area contributed by atoms with Gasteiger partial charge in [-0.15, -0.1) is 0 Å². The van der Waals surface area contributed by atoms with E-state index in [9.17, 15) is 4.79 Å². The van der Waals surface area contributed by atoms with Crippen molar-refractivity contribution in [3.8, 4) is 0 Å². The van der Waals surface area contributed by atoms with E-state index in [1.54, 1.807) is 6.07 Å². The second-order valence-electron chi connectivity index (χ2n) is 4.64. The Balaban J connectivity index is 2.07. The molecular formula is C11H19N3O. The molecular weight excluding hydrogens is 190 g/mol. The summed E-state index contributed by atoms with van der Waals surface area (Å²) in [5.41, 5.74) is 1.04. The number of aromatic amines is 2. The minimum absolute atomic E-state index is 0.0216. The molecule has 84 valence electrons. The lowest BCUT2D eigenvalue weighted by Gasteiger charge is -2.34. The fourth-order valence-electron chi connectivity index (χ4n) is 2.30. The molecule has 2 heterocycles. The third-order valence-electron chi connectivity index (χ3n) is 3.24. The Morgan fingerprint density at radius 1 is 1.47 bits per heavy atom. The molecule has 1 aliphatic heterocycles. The Labute approximate surface area is 89.7 Å². The van der Waals surface area contributed by atoms with Crippen molar-refractivity contribution >= 4 is 0 Å². The second kappa shape index (κ2) is 4.23. The topological polar surface area (TPSA) is 51.9 Å². The average Bonchev–Trinajstić information content (AvgIpc) is 2.65. The largest absolute Gasteiger partial charge is 0.302 e. The molecule has 1 aliphatic rings. The van der Waals surface area contributed by atoms with Crippen LogP contribution in [0.2, 0.25) is 0 Å². The lowest BCUT2D eigenvalue weighted by Crippen LogP contribution is -2.39. The first kappa shape index (κ1) is 10.5. The molecule has 0 unspecified atom stereocenters. The summed E-state index contributed by atoms with van der Waals surface area (Å²) in [7, 11) is 0. The summed E-state index contributed by atoms with van der Waals surface area (Å²) in [6, 6.07) is 2.28. The Hall–Kier alpha value is -1.03. The van der Waals surface area contributed by atoms with E-state index < -0.39 is 0 Å². The molecule has 0 bridgehead atoms. The fourth-order valence-corrected chi connectivity index (χ4v) is 2.30. The van der Waals surface area contributed by atoms with Crippen LogP contribution in [0.15, 0.2) is 10.9 Å². The van der Waals surface area contributed by atoms with Crippen LogP contribution in [0, 0.1) is 0 Å². The highest BCUT2D eigenvalue weighted by molar-refractivity contribution is 5.07. The van der Waals surface area contributed by atoms with Crippen molar-refractivity contribution in [3.63, 3.8) is 0 Å². The van der Waals surface area contributed by atoms with E-state index in [1.165, 1.54) is 19.4 Å². The van der Waals surface area contributed by atoms with Gasteiger partial charge < -0.3 is 10.00 Å². The van der Waals surface area contributed by atoms with E-state index in [4.69, 9.17) is 0 Å². The summed E-state index contributed by atoms with van der Waals surface area (Å²) in [5, 5.41) is 5.58. The van der Waals surface area contributed by atoms with Crippen LogP contribution >= 0.6 is 0 Å². The molecule has 0 saturated carbocycles. The van der Waals surface area contributed by atoms with Gasteiger partial charge >= 0.3 is 0 Å². The molecule has 4 heteroatoms. The summed E-state index contributed by atoms with van der Waals surface area (Å²) < 4.78 is 0. The normalized spacial score (nSPS) is 23.5. The lowest BCUT2D eigenvalue weighted by molar-refractivity contribution is 0.166. The minimum atomic E-state index is -0.0216. The summed E-state index contributed by atoms with van der Waals surface area (Å²) >= 11 is 0. The van der Waals surface area contributed by atoms with Crippen molar-refractivity contribution < 1.29 is 0 Å². The molecule has 15 heavy (non-hydrogen) atoms. The van der Waals surface area contributed by atoms with Gasteiger partial charge in [-0.25, -0.2) is 0 Å². The molecule has 1 saturated heterocycles. The predicted octanol–water partition coefficient (Wildman–Crippen LogP) is 1.29. The van der Waals surface area contributed by atoms with Crippen LogP contribution in [0.5, 0.6) is 0 Å². The van der Waals surface area contributed by atoms with Gasteiger partial charge in [0, 0.05) is 30.3 Å². The third kappa shape index (κ3) is 2.31. The smallest absolute Gasteiger partial charge is 0.264 e. The molecule has 1 fully saturated rings. The zero-order valence-corrected chi connectivity index (χ0v) is 9.42. The van der Waals surface area contributed by atoms with Crippen molar-refractivity contribution in [2.45, 2.75) is 38.6 Å². The summed E-state index contributed by atoms with van der Waals surface area (Å²) in [6.07, 6.45) is 2.40. The van der Waals surface area contributed by atoms with Crippen LogP contribution < -0.4 is 5.56 Å². The first-order valence-electron chi connectivity index (χ1n) is 5.68. The van der Waals surface area contributed by atoms with Gasteiger partial charge in [0.1, 0.15) is 0 Å². The summed E-state index contributed by atoms with van der Waals surface area (Å²) in [4.78, 5) is 13.5. The molecule has 2 N–H and O–H groups in total. The van der Waals surface area contributed by atoms with E-state index in [0.717, 1.165) is 12.2 Å². The maximum absolute atomic E-state index is 11.0. The number of aromatic nitrogens is 2. The Bertz CT molecular complexity index is 366. The number of likely N-dealkylation sites (tertiary alicyclic amines) is 1. The highest BCUT2D eigenvalue weighted by Gasteiger charge is 2.23. The highest BCUT2D eigenvalue weighted by atomic mass is 16.1. The number of nitrogens with one attached hydrogen (secondary N) is 2. The van der Waals surface area contributed by atoms with E-state index in [0.29, 0.717) is 12.0 Å². The Morgan fingerprint density at radius 3 is 2.87 bits per heavy atom. The lowest BCUT2D eigenvalue weighted by atomic mass is 9.94. The van der Waals surface area contributed by atoms with Gasteiger partial charge in [-0.2, -0.15) is 0 Å². The van der Waals surface area contributed by atoms with E-state index >= 15 is 0 Å². The number of hydrogen-bond acceptors (Lipinski definition) is 2. The second-order valence-corrected chi connectivity index (χ2v) is 4.64. The van der Waals surface area contributed by atoms with Crippen molar-refractivity contribution in [1.82, 2.24) is 15.1 Å². The SMILES string of the molecule is CC(C)N1CCC[C@@H](c2cc(=O)[nH][nH]2)C1. The van der Waals surface area contributed by atoms with Crippen LogP contribution in [-0.2, 0) is 0 Å². The number of rotatable bonds is 2. The van der Waals surface area contributed by atoms with Crippen LogP contribution in [0.4, 0.5) is 0 Å². The number of nitrogens with zero attached hydrogens (tertiary/aromatic N) is 1. The first-order valence-corrected chi connectivity index (χ1v) is 5.68. The summed E-state index contributed by atoms with van der Waals surface area (Å²) in [5.74, 6) is 0.486. The number of H-pyrrole nitrogens is 2. The number of hydrogen-bond donors (Lipinski definition) is 2. The van der Waals surface area contributed by atoms with Gasteiger partial charge in [-0.3, -0.25) is 9.89 Å². The monoisotopic (exact) mass is 209 g/mol. The van der Waals surface area contributed by atoms with Crippen molar-refractivity contribution in [2.75, 3.05) is 13.1 Å². The number of piperidine rings is 1. The average molecular weight is 209 g/mol. The zero-order valence-electron chi connectivity index (χ0n) is 9.42. The molecule has 1 atom stereocenters. The Morgan fingerprint density at radius 2 is 2.27 bits per heavy atom. The molecule has 0 spiro atoms. The molecule has 0 aromatic carbocycles. The molecule has 2 rings (SSSR count). The highest BCUT2D eigenvalue weighted by Crippen LogP contribution is 2.25. The van der Waals surface area contributed by atoms with Gasteiger partial charge in [0.2, 0.25) is 0 Å². The predicted molar refractivity (Wildman–Crippen MR) is 60.1 cm³/mol. The van der Waals surface area contributed by atoms with Crippen LogP contribution in [0.25, 0.3) is 0 Å². The molecule has 0 aliphatic carbocycles. The third-order valence-corrected chi connectivity index (χ3v) is 3.24. The van der Waals surface area contributed by atoms with Crippen LogP contribution in [0.1, 0.15) is 38.3 Å². The molecule has 0 amide bonds. The van der Waals surface area contributed by atoms with E-state index in [2.05, 4.69) is 28.9 Å². The molecule has 0 radical (unpaired) electrons. The van der Waals surface area contributed by atoms with Crippen molar-refractivity contribution in [2.24, 2.45) is 0 Å². The maximum Gasteiger partial charge on any atom is 0.264 e. The standard InChI is InChI=1S/C11H19N3O/c1-8(2)14-5-3-4-9(7-14)10-6-11(15)13-12-10/h6,8-9H,3-5,7H2,1-2H3,(H2,12,13,15)/t9-/m1/s1. The van der Waals surface area contributed by atoms with Crippen molar-refractivity contribution in [1.29, 1.82) is 0 Å². The fraction of sp³-hybridized carbons (Fsp3) is 0.727. The molecule has 1 aromatic rings. The van der Waals surface area contributed by atoms with E-state index in [1.807, 2.05) is 0 Å². The van der Waals surface area contributed by atoms with Gasteiger partial charge in [-0.05, 0) is 33.2 Å². The minimum Gasteiger partial charge on any atom is -0.302 e. The summed E-state index contributed by atoms with van der Waals surface area (Å²) in [6.45, 7) is 6.69. The van der Waals surface area contributed by atoms with Gasteiger partial charge in [0.15, 0.2) is 0 Å². The Kier molecular flexibility index (Phi) is 2.95. The van der Waals surface area contributed by atoms with Crippen LogP contribution in [-0.4, -0.2) is 34.2 Å². The van der Waals surface area contributed by atoms with E-state index in [-0.39, 0.29) is 5.56 Å². The van der Waals surface area contributed by atoms with Crippen molar-refractivity contribution in [3.05, 3.63) is 22.1 Å². The van der Waals surface area contributed by atoms with Gasteiger partial charge in [-0.1, -0.05) is 0 Å². The maximum atomic E-state index is 11.0. The zero-order chi connectivity index (χ0) is 10.8.